The molecule has 0 radical (unpaired) electrons. The molecule has 0 aliphatic carbocycles. The fraction of sp³-hybridized carbons (Fsp3) is 0.227. The molecule has 1 heterocycles. The van der Waals surface area contributed by atoms with Crippen LogP contribution in [0.2, 0.25) is 0 Å². The van der Waals surface area contributed by atoms with Gasteiger partial charge in [-0.25, -0.2) is 8.42 Å². The number of rotatable bonds is 10. The molecule has 0 fully saturated rings. The van der Waals surface area contributed by atoms with E-state index in [1.165, 1.54) is 30.6 Å². The molecule has 0 aliphatic rings. The Labute approximate surface area is 185 Å². The van der Waals surface area contributed by atoms with Gasteiger partial charge in [-0.05, 0) is 47.8 Å². The van der Waals surface area contributed by atoms with E-state index < -0.39 is 21.0 Å². The Kier molecular flexibility index (Phi) is 7.54. The van der Waals surface area contributed by atoms with Crippen molar-refractivity contribution in [3.05, 3.63) is 70.9 Å². The molecule has 1 N–H and O–H groups in total. The van der Waals surface area contributed by atoms with Crippen molar-refractivity contribution in [1.29, 1.82) is 0 Å². The molecule has 7 nitrogen and oxygen atoms in total. The van der Waals surface area contributed by atoms with Crippen molar-refractivity contribution >= 4 is 27.1 Å². The highest BCUT2D eigenvalue weighted by molar-refractivity contribution is 7.91. The van der Waals surface area contributed by atoms with Crippen LogP contribution in [0.15, 0.2) is 70.9 Å². The maximum atomic E-state index is 13.3. The first-order chi connectivity index (χ1) is 14.9. The van der Waals surface area contributed by atoms with E-state index in [9.17, 15) is 13.2 Å². The molecule has 3 rings (SSSR count). The van der Waals surface area contributed by atoms with Gasteiger partial charge in [-0.3, -0.25) is 4.79 Å². The van der Waals surface area contributed by atoms with Gasteiger partial charge in [0.2, 0.25) is 0 Å². The van der Waals surface area contributed by atoms with Crippen LogP contribution in [0.25, 0.3) is 0 Å². The summed E-state index contributed by atoms with van der Waals surface area (Å²) >= 11 is 1.33. The zero-order chi connectivity index (χ0) is 22.3. The Hall–Kier alpha value is -3.04. The van der Waals surface area contributed by atoms with Crippen LogP contribution in [0.1, 0.15) is 10.1 Å². The largest absolute Gasteiger partial charge is 0.497 e. The number of sulfone groups is 1. The van der Waals surface area contributed by atoms with Gasteiger partial charge < -0.3 is 19.5 Å². The summed E-state index contributed by atoms with van der Waals surface area (Å²) in [5.41, 5.74) is 0. The van der Waals surface area contributed by atoms with Gasteiger partial charge in [-0.15, -0.1) is 11.3 Å². The average Bonchev–Trinajstić information content (AvgIpc) is 3.32. The van der Waals surface area contributed by atoms with E-state index in [1.807, 2.05) is 0 Å². The Morgan fingerprint density at radius 2 is 1.68 bits per heavy atom. The topological polar surface area (TPSA) is 90.9 Å². The van der Waals surface area contributed by atoms with Gasteiger partial charge in [-0.1, -0.05) is 12.1 Å². The molecular formula is C22H23NO6S2. The maximum absolute atomic E-state index is 13.3. The standard InChI is InChI=1S/C22H23NO6S2/c1-27-16-8-10-19(11-9-16)31(25,26)21(20-7-4-12-30-20)14-23-22(24)15-29-18-6-3-5-17(13-18)28-2/h3-13,21H,14-15H2,1-2H3,(H,23,24)/t21-/m1/s1. The number of amides is 1. The van der Waals surface area contributed by atoms with Gasteiger partial charge >= 0.3 is 0 Å². The average molecular weight is 462 g/mol. The van der Waals surface area contributed by atoms with Gasteiger partial charge in [-0.2, -0.15) is 0 Å². The molecule has 9 heteroatoms. The third-order valence-electron chi connectivity index (χ3n) is 4.52. The predicted molar refractivity (Wildman–Crippen MR) is 119 cm³/mol. The normalized spacial score (nSPS) is 12.1. The van der Waals surface area contributed by atoms with Crippen molar-refractivity contribution in [2.75, 3.05) is 27.4 Å². The SMILES string of the molecule is COc1ccc(S(=O)(=O)[C@H](CNC(=O)COc2cccc(OC)c2)c2cccs2)cc1. The molecule has 3 aromatic rings. The lowest BCUT2D eigenvalue weighted by Crippen LogP contribution is -2.34. The van der Waals surface area contributed by atoms with E-state index >= 15 is 0 Å². The highest BCUT2D eigenvalue weighted by atomic mass is 32.2. The summed E-state index contributed by atoms with van der Waals surface area (Å²) in [5, 5.41) is 3.57. The summed E-state index contributed by atoms with van der Waals surface area (Å²) in [7, 11) is -0.682. The summed E-state index contributed by atoms with van der Waals surface area (Å²) in [6.07, 6.45) is 0. The molecule has 164 valence electrons. The van der Waals surface area contributed by atoms with Crippen molar-refractivity contribution in [3.63, 3.8) is 0 Å². The van der Waals surface area contributed by atoms with Crippen molar-refractivity contribution in [2.45, 2.75) is 10.1 Å². The number of carbonyl (C=O) groups is 1. The Balaban J connectivity index is 1.69. The fourth-order valence-electron chi connectivity index (χ4n) is 2.86. The van der Waals surface area contributed by atoms with Crippen LogP contribution >= 0.6 is 11.3 Å². The van der Waals surface area contributed by atoms with E-state index in [0.717, 1.165) is 0 Å². The number of hydrogen-bond acceptors (Lipinski definition) is 7. The number of carbonyl (C=O) groups excluding carboxylic acids is 1. The third kappa shape index (κ3) is 5.77. The molecular weight excluding hydrogens is 438 g/mol. The minimum Gasteiger partial charge on any atom is -0.497 e. The molecule has 1 amide bonds. The molecule has 1 atom stereocenters. The fourth-order valence-corrected chi connectivity index (χ4v) is 5.65. The minimum absolute atomic E-state index is 0.0742. The number of thiophene rings is 1. The van der Waals surface area contributed by atoms with Crippen LogP contribution in [0, 0.1) is 0 Å². The number of nitrogens with one attached hydrogen (secondary N) is 1. The highest BCUT2D eigenvalue weighted by Gasteiger charge is 2.30. The van der Waals surface area contributed by atoms with Crippen LogP contribution in [-0.2, 0) is 14.6 Å². The van der Waals surface area contributed by atoms with Gasteiger partial charge in [0.05, 0.1) is 19.1 Å². The predicted octanol–water partition coefficient (Wildman–Crippen LogP) is 3.48. The molecule has 0 saturated heterocycles. The molecule has 0 aliphatic heterocycles. The van der Waals surface area contributed by atoms with Crippen LogP contribution in [0.3, 0.4) is 0 Å². The zero-order valence-corrected chi connectivity index (χ0v) is 18.7. The second-order valence-electron chi connectivity index (χ2n) is 6.50. The Bertz CT molecular complexity index is 1100. The number of benzene rings is 2. The molecule has 0 spiro atoms. The van der Waals surface area contributed by atoms with Crippen molar-refractivity contribution in [2.24, 2.45) is 0 Å². The molecule has 0 saturated carbocycles. The van der Waals surface area contributed by atoms with Gasteiger partial charge in [0.15, 0.2) is 16.4 Å². The molecule has 2 aromatic carbocycles. The summed E-state index contributed by atoms with van der Waals surface area (Å²) in [6, 6.07) is 16.6. The number of hydrogen-bond donors (Lipinski definition) is 1. The van der Waals surface area contributed by atoms with E-state index in [-0.39, 0.29) is 18.0 Å². The summed E-state index contributed by atoms with van der Waals surface area (Å²) in [5.74, 6) is 1.24. The van der Waals surface area contributed by atoms with Gasteiger partial charge in [0, 0.05) is 17.5 Å². The van der Waals surface area contributed by atoms with Crippen LogP contribution < -0.4 is 19.5 Å². The smallest absolute Gasteiger partial charge is 0.257 e. The third-order valence-corrected chi connectivity index (χ3v) is 7.75. The van der Waals surface area contributed by atoms with Gasteiger partial charge in [0.1, 0.15) is 22.5 Å². The lowest BCUT2D eigenvalue weighted by atomic mass is 10.3. The molecule has 1 aromatic heterocycles. The minimum atomic E-state index is -3.74. The van der Waals surface area contributed by atoms with E-state index in [0.29, 0.717) is 22.1 Å². The van der Waals surface area contributed by atoms with Crippen LogP contribution in [0.4, 0.5) is 0 Å². The highest BCUT2D eigenvalue weighted by Crippen LogP contribution is 2.32. The van der Waals surface area contributed by atoms with Crippen molar-refractivity contribution in [3.8, 4) is 17.2 Å². The zero-order valence-electron chi connectivity index (χ0n) is 17.1. The molecule has 0 bridgehead atoms. The van der Waals surface area contributed by atoms with E-state index in [2.05, 4.69) is 5.32 Å². The maximum Gasteiger partial charge on any atom is 0.257 e. The number of methoxy groups -OCH3 is 2. The summed E-state index contributed by atoms with van der Waals surface area (Å²) in [4.78, 5) is 13.1. The van der Waals surface area contributed by atoms with E-state index in [1.54, 1.807) is 61.0 Å². The van der Waals surface area contributed by atoms with E-state index in [4.69, 9.17) is 14.2 Å². The molecule has 31 heavy (non-hydrogen) atoms. The van der Waals surface area contributed by atoms with Crippen LogP contribution in [0.5, 0.6) is 17.2 Å². The monoisotopic (exact) mass is 461 g/mol. The first-order valence-corrected chi connectivity index (χ1v) is 11.8. The van der Waals surface area contributed by atoms with Crippen LogP contribution in [-0.4, -0.2) is 41.7 Å². The quantitative estimate of drug-likeness (QED) is 0.497. The first-order valence-electron chi connectivity index (χ1n) is 9.39. The first kappa shape index (κ1) is 22.6. The lowest BCUT2D eigenvalue weighted by molar-refractivity contribution is -0.123. The van der Waals surface area contributed by atoms with Crippen molar-refractivity contribution < 1.29 is 27.4 Å². The van der Waals surface area contributed by atoms with Gasteiger partial charge in [0.25, 0.3) is 5.91 Å². The van der Waals surface area contributed by atoms with Crippen molar-refractivity contribution in [1.82, 2.24) is 5.32 Å². The summed E-state index contributed by atoms with van der Waals surface area (Å²) < 4.78 is 42.2. The lowest BCUT2D eigenvalue weighted by Gasteiger charge is -2.18. The second-order valence-corrected chi connectivity index (χ2v) is 9.61. The Morgan fingerprint density at radius 1 is 0.968 bits per heavy atom. The molecule has 0 unspecified atom stereocenters. The summed E-state index contributed by atoms with van der Waals surface area (Å²) in [6.45, 7) is -0.317. The second kappa shape index (κ2) is 10.3. The Morgan fingerprint density at radius 3 is 2.32 bits per heavy atom. The number of ether oxygens (including phenoxy) is 3.